The molecule has 0 unspecified atom stereocenters. The molecule has 110 valence electrons. The Morgan fingerprint density at radius 2 is 1.76 bits per heavy atom. The molecule has 0 aromatic heterocycles. The molecule has 6 heteroatoms. The number of methoxy groups -OCH3 is 1. The monoisotopic (exact) mass is 308 g/mol. The van der Waals surface area contributed by atoms with E-state index in [4.69, 9.17) is 17.0 Å². The van der Waals surface area contributed by atoms with Crippen LogP contribution in [-0.2, 0) is 0 Å². The van der Waals surface area contributed by atoms with E-state index in [1.54, 1.807) is 13.2 Å². The molecule has 2 rings (SSSR count). The molecule has 0 bridgehead atoms. The van der Waals surface area contributed by atoms with Gasteiger partial charge in [-0.1, -0.05) is 6.07 Å². The molecule has 0 amide bonds. The Morgan fingerprint density at radius 1 is 1.05 bits per heavy atom. The maximum Gasteiger partial charge on any atom is 0.175 e. The van der Waals surface area contributed by atoms with Gasteiger partial charge in [0.2, 0.25) is 0 Å². The summed E-state index contributed by atoms with van der Waals surface area (Å²) in [5.74, 6) is -0.531. The number of anilines is 2. The third-order valence-electron chi connectivity index (χ3n) is 2.78. The highest BCUT2D eigenvalue weighted by atomic mass is 32.1. The van der Waals surface area contributed by atoms with Gasteiger partial charge in [-0.25, -0.2) is 8.78 Å². The highest BCUT2D eigenvalue weighted by Crippen LogP contribution is 2.25. The second kappa shape index (κ2) is 6.49. The van der Waals surface area contributed by atoms with Crippen molar-refractivity contribution in [2.45, 2.75) is 6.92 Å². The standard InChI is InChI=1S/C15H14F2N2OS/c1-9-3-6-14(20-2)13(7-9)19-15(21)18-12-8-10(16)4-5-11(12)17/h3-8H,1-2H3,(H2,18,19,21). The number of rotatable bonds is 3. The van der Waals surface area contributed by atoms with Gasteiger partial charge in [-0.05, 0) is 49.0 Å². The van der Waals surface area contributed by atoms with Crippen molar-refractivity contribution in [2.24, 2.45) is 0 Å². The van der Waals surface area contributed by atoms with Crippen molar-refractivity contribution in [2.75, 3.05) is 17.7 Å². The molecule has 0 radical (unpaired) electrons. The minimum atomic E-state index is -0.586. The highest BCUT2D eigenvalue weighted by Gasteiger charge is 2.08. The van der Waals surface area contributed by atoms with Gasteiger partial charge >= 0.3 is 0 Å². The second-order valence-electron chi connectivity index (χ2n) is 4.41. The van der Waals surface area contributed by atoms with Crippen LogP contribution in [-0.4, -0.2) is 12.2 Å². The first-order chi connectivity index (χ1) is 9.99. The summed E-state index contributed by atoms with van der Waals surface area (Å²) in [6.07, 6.45) is 0. The molecule has 2 aromatic rings. The summed E-state index contributed by atoms with van der Waals surface area (Å²) < 4.78 is 31.9. The largest absolute Gasteiger partial charge is 0.495 e. The molecule has 0 saturated carbocycles. The predicted octanol–water partition coefficient (Wildman–Crippen LogP) is 4.09. The molecule has 21 heavy (non-hydrogen) atoms. The summed E-state index contributed by atoms with van der Waals surface area (Å²) in [7, 11) is 1.54. The Kier molecular flexibility index (Phi) is 4.70. The topological polar surface area (TPSA) is 33.3 Å². The summed E-state index contributed by atoms with van der Waals surface area (Å²) >= 11 is 5.10. The number of thiocarbonyl (C=S) groups is 1. The average Bonchev–Trinajstić information content (AvgIpc) is 2.43. The summed E-state index contributed by atoms with van der Waals surface area (Å²) in [6, 6.07) is 8.65. The zero-order valence-electron chi connectivity index (χ0n) is 11.5. The smallest absolute Gasteiger partial charge is 0.175 e. The lowest BCUT2D eigenvalue weighted by Crippen LogP contribution is -2.20. The lowest BCUT2D eigenvalue weighted by atomic mass is 10.2. The Balaban J connectivity index is 2.15. The molecule has 0 spiro atoms. The lowest BCUT2D eigenvalue weighted by molar-refractivity contribution is 0.417. The molecule has 0 saturated heterocycles. The van der Waals surface area contributed by atoms with Crippen molar-refractivity contribution in [1.82, 2.24) is 0 Å². The summed E-state index contributed by atoms with van der Waals surface area (Å²) in [6.45, 7) is 1.92. The Hall–Kier alpha value is -2.21. The second-order valence-corrected chi connectivity index (χ2v) is 4.82. The van der Waals surface area contributed by atoms with Crippen LogP contribution in [0.2, 0.25) is 0 Å². The van der Waals surface area contributed by atoms with E-state index >= 15 is 0 Å². The molecule has 0 aliphatic rings. The van der Waals surface area contributed by atoms with Crippen LogP contribution >= 0.6 is 12.2 Å². The minimum Gasteiger partial charge on any atom is -0.495 e. The third-order valence-corrected chi connectivity index (χ3v) is 2.98. The first kappa shape index (κ1) is 15.2. The lowest BCUT2D eigenvalue weighted by Gasteiger charge is -2.14. The van der Waals surface area contributed by atoms with Gasteiger partial charge in [-0.3, -0.25) is 0 Å². The zero-order valence-corrected chi connectivity index (χ0v) is 12.4. The summed E-state index contributed by atoms with van der Waals surface area (Å²) in [5.41, 5.74) is 1.63. The highest BCUT2D eigenvalue weighted by molar-refractivity contribution is 7.80. The Bertz CT molecular complexity index is 677. The third kappa shape index (κ3) is 3.88. The van der Waals surface area contributed by atoms with Crippen molar-refractivity contribution in [1.29, 1.82) is 0 Å². The van der Waals surface area contributed by atoms with E-state index in [-0.39, 0.29) is 10.8 Å². The maximum absolute atomic E-state index is 13.5. The van der Waals surface area contributed by atoms with E-state index in [1.807, 2.05) is 19.1 Å². The van der Waals surface area contributed by atoms with Crippen molar-refractivity contribution < 1.29 is 13.5 Å². The first-order valence-electron chi connectivity index (χ1n) is 6.17. The maximum atomic E-state index is 13.5. The number of aryl methyl sites for hydroxylation is 1. The quantitative estimate of drug-likeness (QED) is 0.837. The number of ether oxygens (including phenoxy) is 1. The van der Waals surface area contributed by atoms with E-state index in [9.17, 15) is 8.78 Å². The normalized spacial score (nSPS) is 10.1. The van der Waals surface area contributed by atoms with Crippen molar-refractivity contribution in [3.63, 3.8) is 0 Å². The Labute approximate surface area is 126 Å². The molecule has 0 fully saturated rings. The summed E-state index contributed by atoms with van der Waals surface area (Å²) in [5, 5.41) is 5.67. The van der Waals surface area contributed by atoms with Crippen LogP contribution in [0.1, 0.15) is 5.56 Å². The van der Waals surface area contributed by atoms with Gasteiger partial charge in [0, 0.05) is 6.07 Å². The molecule has 2 N–H and O–H groups in total. The fourth-order valence-corrected chi connectivity index (χ4v) is 2.01. The predicted molar refractivity (Wildman–Crippen MR) is 83.9 cm³/mol. The number of benzene rings is 2. The molecule has 0 atom stereocenters. The minimum absolute atomic E-state index is 0.0286. The van der Waals surface area contributed by atoms with Crippen molar-refractivity contribution in [3.05, 3.63) is 53.6 Å². The van der Waals surface area contributed by atoms with Crippen molar-refractivity contribution >= 4 is 28.7 Å². The van der Waals surface area contributed by atoms with Crippen LogP contribution < -0.4 is 15.4 Å². The van der Waals surface area contributed by atoms with Gasteiger partial charge in [-0.15, -0.1) is 0 Å². The molecule has 0 heterocycles. The fourth-order valence-electron chi connectivity index (χ4n) is 1.79. The van der Waals surface area contributed by atoms with Gasteiger partial charge in [0.05, 0.1) is 18.5 Å². The Morgan fingerprint density at radius 3 is 2.48 bits per heavy atom. The number of nitrogens with one attached hydrogen (secondary N) is 2. The number of halogens is 2. The van der Waals surface area contributed by atoms with Crippen LogP contribution in [0.4, 0.5) is 20.2 Å². The van der Waals surface area contributed by atoms with Gasteiger partial charge in [0.25, 0.3) is 0 Å². The van der Waals surface area contributed by atoms with Crippen LogP contribution in [0.15, 0.2) is 36.4 Å². The SMILES string of the molecule is COc1ccc(C)cc1NC(=S)Nc1cc(F)ccc1F. The van der Waals surface area contributed by atoms with Crippen LogP contribution in [0.3, 0.4) is 0 Å². The first-order valence-corrected chi connectivity index (χ1v) is 6.58. The van der Waals surface area contributed by atoms with Gasteiger partial charge in [0.1, 0.15) is 17.4 Å². The number of hydrogen-bond acceptors (Lipinski definition) is 2. The van der Waals surface area contributed by atoms with Gasteiger partial charge in [0.15, 0.2) is 5.11 Å². The molecule has 2 aromatic carbocycles. The van der Waals surface area contributed by atoms with Crippen molar-refractivity contribution in [3.8, 4) is 5.75 Å². The number of hydrogen-bond donors (Lipinski definition) is 2. The van der Waals surface area contributed by atoms with Crippen LogP contribution in [0.25, 0.3) is 0 Å². The van der Waals surface area contributed by atoms with Crippen LogP contribution in [0, 0.1) is 18.6 Å². The molecule has 0 aliphatic heterocycles. The zero-order chi connectivity index (χ0) is 15.4. The molecule has 0 aliphatic carbocycles. The van der Waals surface area contributed by atoms with Gasteiger partial charge < -0.3 is 15.4 Å². The van der Waals surface area contributed by atoms with E-state index in [2.05, 4.69) is 10.6 Å². The van der Waals surface area contributed by atoms with E-state index in [0.717, 1.165) is 23.8 Å². The molecular weight excluding hydrogens is 294 g/mol. The van der Waals surface area contributed by atoms with E-state index < -0.39 is 11.6 Å². The summed E-state index contributed by atoms with van der Waals surface area (Å²) in [4.78, 5) is 0. The fraction of sp³-hybridized carbons (Fsp3) is 0.133. The molecular formula is C15H14F2N2OS. The average molecular weight is 308 g/mol. The van der Waals surface area contributed by atoms with Gasteiger partial charge in [-0.2, -0.15) is 0 Å². The molecule has 3 nitrogen and oxygen atoms in total. The van der Waals surface area contributed by atoms with E-state index in [0.29, 0.717) is 11.4 Å². The van der Waals surface area contributed by atoms with E-state index in [1.165, 1.54) is 0 Å². The van der Waals surface area contributed by atoms with Crippen LogP contribution in [0.5, 0.6) is 5.75 Å².